The van der Waals surface area contributed by atoms with Gasteiger partial charge in [0.25, 0.3) is 0 Å². The van der Waals surface area contributed by atoms with Crippen molar-refractivity contribution in [1.29, 1.82) is 0 Å². The first-order valence-electron chi connectivity index (χ1n) is 4.29. The van der Waals surface area contributed by atoms with Crippen molar-refractivity contribution in [3.63, 3.8) is 0 Å². The van der Waals surface area contributed by atoms with E-state index in [-0.39, 0.29) is 0 Å². The van der Waals surface area contributed by atoms with E-state index < -0.39 is 0 Å². The highest BCUT2D eigenvalue weighted by molar-refractivity contribution is 5.25. The first-order chi connectivity index (χ1) is 5.72. The average Bonchev–Trinajstić information content (AvgIpc) is 2.05. The average molecular weight is 165 g/mol. The van der Waals surface area contributed by atoms with Crippen LogP contribution >= 0.6 is 0 Å². The lowest BCUT2D eigenvalue weighted by Gasteiger charge is -2.07. The molecule has 0 bridgehead atoms. The fourth-order valence-corrected chi connectivity index (χ4v) is 0.870. The van der Waals surface area contributed by atoms with Crippen LogP contribution < -0.4 is 5.32 Å². The predicted molar refractivity (Wildman–Crippen MR) is 50.2 cm³/mol. The van der Waals surface area contributed by atoms with Crippen LogP contribution in [0.4, 0.5) is 5.95 Å². The normalized spacial score (nSPS) is 10.3. The Bertz CT molecular complexity index is 228. The van der Waals surface area contributed by atoms with E-state index >= 15 is 0 Å². The van der Waals surface area contributed by atoms with Crippen LogP contribution in [0, 0.1) is 0 Å². The van der Waals surface area contributed by atoms with Crippen molar-refractivity contribution in [1.82, 2.24) is 9.97 Å². The lowest BCUT2D eigenvalue weighted by atomic mass is 10.3. The molecule has 66 valence electrons. The molecule has 0 saturated carbocycles. The van der Waals surface area contributed by atoms with Crippen LogP contribution in [0.5, 0.6) is 0 Å². The molecule has 0 saturated heterocycles. The summed E-state index contributed by atoms with van der Waals surface area (Å²) in [5.74, 6) is 0.710. The highest BCUT2D eigenvalue weighted by Gasteiger charge is 1.97. The summed E-state index contributed by atoms with van der Waals surface area (Å²) in [5.41, 5.74) is 1.17. The molecule has 0 fully saturated rings. The number of nitrogens with zero attached hydrogens (tertiary/aromatic N) is 2. The summed E-state index contributed by atoms with van der Waals surface area (Å²) in [6.07, 6.45) is 4.71. The summed E-state index contributed by atoms with van der Waals surface area (Å²) in [4.78, 5) is 8.33. The quantitative estimate of drug-likeness (QED) is 0.742. The van der Waals surface area contributed by atoms with Gasteiger partial charge in [0.15, 0.2) is 0 Å². The fourth-order valence-electron chi connectivity index (χ4n) is 0.870. The van der Waals surface area contributed by atoms with Gasteiger partial charge in [-0.25, -0.2) is 9.97 Å². The summed E-state index contributed by atoms with van der Waals surface area (Å²) in [6.45, 7) is 6.22. The fraction of sp³-hybridized carbons (Fsp3) is 0.556. The van der Waals surface area contributed by atoms with Gasteiger partial charge in [-0.1, -0.05) is 6.92 Å². The number of aryl methyl sites for hydroxylation is 1. The maximum Gasteiger partial charge on any atom is 0.222 e. The lowest BCUT2D eigenvalue weighted by molar-refractivity contribution is 0.870. The van der Waals surface area contributed by atoms with Crippen LogP contribution in [0.1, 0.15) is 26.3 Å². The second kappa shape index (κ2) is 4.04. The molecule has 0 aromatic carbocycles. The molecular formula is C9H15N3. The molecule has 1 N–H and O–H groups in total. The summed E-state index contributed by atoms with van der Waals surface area (Å²) >= 11 is 0. The Balaban J connectivity index is 2.65. The summed E-state index contributed by atoms with van der Waals surface area (Å²) < 4.78 is 0. The van der Waals surface area contributed by atoms with Crippen LogP contribution in [0.3, 0.4) is 0 Å². The van der Waals surface area contributed by atoms with Gasteiger partial charge in [-0.2, -0.15) is 0 Å². The highest BCUT2D eigenvalue weighted by atomic mass is 15.1. The molecule has 0 aliphatic heterocycles. The minimum Gasteiger partial charge on any atom is -0.352 e. The molecule has 1 aromatic heterocycles. The van der Waals surface area contributed by atoms with E-state index in [9.17, 15) is 0 Å². The van der Waals surface area contributed by atoms with Gasteiger partial charge in [0.1, 0.15) is 0 Å². The van der Waals surface area contributed by atoms with Crippen molar-refractivity contribution >= 4 is 5.95 Å². The Hall–Kier alpha value is -1.12. The van der Waals surface area contributed by atoms with Crippen molar-refractivity contribution in [2.75, 3.05) is 5.32 Å². The zero-order chi connectivity index (χ0) is 8.97. The topological polar surface area (TPSA) is 37.8 Å². The highest BCUT2D eigenvalue weighted by Crippen LogP contribution is 2.01. The zero-order valence-corrected chi connectivity index (χ0v) is 7.83. The second-order valence-electron chi connectivity index (χ2n) is 3.07. The maximum absolute atomic E-state index is 4.17. The third-order valence-electron chi connectivity index (χ3n) is 1.53. The van der Waals surface area contributed by atoms with E-state index in [4.69, 9.17) is 0 Å². The largest absolute Gasteiger partial charge is 0.352 e. The maximum atomic E-state index is 4.17. The van der Waals surface area contributed by atoms with Gasteiger partial charge in [0, 0.05) is 18.4 Å². The van der Waals surface area contributed by atoms with Gasteiger partial charge < -0.3 is 5.32 Å². The van der Waals surface area contributed by atoms with Gasteiger partial charge in [0.05, 0.1) is 0 Å². The molecule has 0 aliphatic carbocycles. The van der Waals surface area contributed by atoms with Gasteiger partial charge in [-0.3, -0.25) is 0 Å². The Morgan fingerprint density at radius 3 is 2.33 bits per heavy atom. The first-order valence-corrected chi connectivity index (χ1v) is 4.29. The minimum absolute atomic E-state index is 0.387. The molecule has 0 amide bonds. The Labute approximate surface area is 73.2 Å². The molecule has 3 nitrogen and oxygen atoms in total. The summed E-state index contributed by atoms with van der Waals surface area (Å²) in [5, 5.41) is 3.13. The van der Waals surface area contributed by atoms with Crippen molar-refractivity contribution in [3.05, 3.63) is 18.0 Å². The Morgan fingerprint density at radius 1 is 1.33 bits per heavy atom. The van der Waals surface area contributed by atoms with E-state index in [1.165, 1.54) is 5.56 Å². The molecule has 1 rings (SSSR count). The zero-order valence-electron chi connectivity index (χ0n) is 7.83. The van der Waals surface area contributed by atoms with Crippen LogP contribution in [-0.4, -0.2) is 16.0 Å². The van der Waals surface area contributed by atoms with E-state index in [0.717, 1.165) is 6.42 Å². The molecule has 1 heterocycles. The smallest absolute Gasteiger partial charge is 0.222 e. The van der Waals surface area contributed by atoms with Crippen LogP contribution in [0.2, 0.25) is 0 Å². The first kappa shape index (κ1) is 8.97. The number of hydrogen-bond acceptors (Lipinski definition) is 3. The molecule has 0 unspecified atom stereocenters. The lowest BCUT2D eigenvalue weighted by Crippen LogP contribution is -2.12. The van der Waals surface area contributed by atoms with E-state index in [1.807, 2.05) is 12.4 Å². The Morgan fingerprint density at radius 2 is 1.92 bits per heavy atom. The number of rotatable bonds is 3. The van der Waals surface area contributed by atoms with E-state index in [2.05, 4.69) is 36.1 Å². The second-order valence-corrected chi connectivity index (χ2v) is 3.07. The third kappa shape index (κ3) is 2.49. The van der Waals surface area contributed by atoms with Crippen LogP contribution in [0.25, 0.3) is 0 Å². The van der Waals surface area contributed by atoms with Crippen molar-refractivity contribution in [2.45, 2.75) is 33.2 Å². The van der Waals surface area contributed by atoms with Crippen molar-refractivity contribution < 1.29 is 0 Å². The Kier molecular flexibility index (Phi) is 3.02. The summed E-state index contributed by atoms with van der Waals surface area (Å²) in [6, 6.07) is 0.387. The molecule has 0 radical (unpaired) electrons. The molecular weight excluding hydrogens is 150 g/mol. The van der Waals surface area contributed by atoms with E-state index in [0.29, 0.717) is 12.0 Å². The monoisotopic (exact) mass is 165 g/mol. The number of anilines is 1. The molecule has 0 atom stereocenters. The van der Waals surface area contributed by atoms with Gasteiger partial charge in [-0.15, -0.1) is 0 Å². The summed E-state index contributed by atoms with van der Waals surface area (Å²) in [7, 11) is 0. The molecule has 0 spiro atoms. The SMILES string of the molecule is CCc1cnc(NC(C)C)nc1. The molecule has 12 heavy (non-hydrogen) atoms. The third-order valence-corrected chi connectivity index (χ3v) is 1.53. The standard InChI is InChI=1S/C9H15N3/c1-4-8-5-10-9(11-6-8)12-7(2)3/h5-7H,4H2,1-3H3,(H,10,11,12). The minimum atomic E-state index is 0.387. The molecule has 0 aliphatic rings. The van der Waals surface area contributed by atoms with Crippen molar-refractivity contribution in [2.24, 2.45) is 0 Å². The number of nitrogens with one attached hydrogen (secondary N) is 1. The number of aromatic nitrogens is 2. The molecule has 1 aromatic rings. The van der Waals surface area contributed by atoms with Crippen molar-refractivity contribution in [3.8, 4) is 0 Å². The van der Waals surface area contributed by atoms with E-state index in [1.54, 1.807) is 0 Å². The van der Waals surface area contributed by atoms with Gasteiger partial charge >= 0.3 is 0 Å². The van der Waals surface area contributed by atoms with Crippen LogP contribution in [-0.2, 0) is 6.42 Å². The van der Waals surface area contributed by atoms with Gasteiger partial charge in [-0.05, 0) is 25.8 Å². The number of hydrogen-bond donors (Lipinski definition) is 1. The predicted octanol–water partition coefficient (Wildman–Crippen LogP) is 1.86. The molecule has 3 heteroatoms. The van der Waals surface area contributed by atoms with Crippen LogP contribution in [0.15, 0.2) is 12.4 Å². The van der Waals surface area contributed by atoms with Gasteiger partial charge in [0.2, 0.25) is 5.95 Å².